The summed E-state index contributed by atoms with van der Waals surface area (Å²) in [5.41, 5.74) is 1.86. The molecule has 152 valence electrons. The lowest BCUT2D eigenvalue weighted by atomic mass is 10.2. The third kappa shape index (κ3) is 2.72. The number of halogens is 1. The van der Waals surface area contributed by atoms with Crippen LogP contribution in [0.4, 0.5) is 5.69 Å². The number of hydrogen-bond acceptors (Lipinski definition) is 7. The van der Waals surface area contributed by atoms with E-state index >= 15 is 0 Å². The van der Waals surface area contributed by atoms with Crippen LogP contribution in [0.1, 0.15) is 17.6 Å². The molecule has 0 spiro atoms. The quantitative estimate of drug-likeness (QED) is 0.495. The first-order valence-electron chi connectivity index (χ1n) is 9.78. The lowest BCUT2D eigenvalue weighted by Gasteiger charge is -2.21. The van der Waals surface area contributed by atoms with Gasteiger partial charge in [0.15, 0.2) is 17.0 Å². The molecule has 30 heavy (non-hydrogen) atoms. The van der Waals surface area contributed by atoms with Gasteiger partial charge in [0.25, 0.3) is 5.56 Å². The van der Waals surface area contributed by atoms with Crippen LogP contribution in [0.5, 0.6) is 0 Å². The van der Waals surface area contributed by atoms with Crippen LogP contribution < -0.4 is 10.5 Å². The average Bonchev–Trinajstić information content (AvgIpc) is 3.16. The Morgan fingerprint density at radius 1 is 1.20 bits per heavy atom. The van der Waals surface area contributed by atoms with Gasteiger partial charge in [0, 0.05) is 36.8 Å². The highest BCUT2D eigenvalue weighted by Crippen LogP contribution is 2.57. The summed E-state index contributed by atoms with van der Waals surface area (Å²) in [6.07, 6.45) is 3.04. The number of aromatic nitrogens is 6. The van der Waals surface area contributed by atoms with Gasteiger partial charge in [-0.25, -0.2) is 9.97 Å². The smallest absolute Gasteiger partial charge is 0.280 e. The van der Waals surface area contributed by atoms with Crippen LogP contribution >= 0.6 is 11.6 Å². The molecule has 3 atom stereocenters. The molecular formula is C20H18ClN7O2. The Labute approximate surface area is 175 Å². The van der Waals surface area contributed by atoms with Crippen LogP contribution in [0.15, 0.2) is 46.2 Å². The van der Waals surface area contributed by atoms with Crippen molar-refractivity contribution < 1.29 is 4.52 Å². The van der Waals surface area contributed by atoms with E-state index in [4.69, 9.17) is 16.1 Å². The first-order valence-corrected chi connectivity index (χ1v) is 10.2. The summed E-state index contributed by atoms with van der Waals surface area (Å²) in [4.78, 5) is 27.9. The number of nitrogens with zero attached hydrogens (tertiary/aromatic N) is 7. The number of anilines is 1. The molecule has 1 aliphatic heterocycles. The second-order valence-corrected chi connectivity index (χ2v) is 8.43. The van der Waals surface area contributed by atoms with E-state index in [1.807, 2.05) is 18.2 Å². The van der Waals surface area contributed by atoms with E-state index in [1.165, 1.54) is 10.9 Å². The summed E-state index contributed by atoms with van der Waals surface area (Å²) in [6, 6.07) is 7.95. The topological polar surface area (TPSA) is 94.9 Å². The average molecular weight is 424 g/mol. The lowest BCUT2D eigenvalue weighted by molar-refractivity contribution is 0.363. The van der Waals surface area contributed by atoms with Gasteiger partial charge in [-0.1, -0.05) is 22.8 Å². The molecule has 9 nitrogen and oxygen atoms in total. The molecule has 10 heteroatoms. The largest absolute Gasteiger partial charge is 0.371 e. The molecule has 0 unspecified atom stereocenters. The van der Waals surface area contributed by atoms with Gasteiger partial charge in [0.1, 0.15) is 12.9 Å². The molecule has 1 saturated carbocycles. The van der Waals surface area contributed by atoms with Crippen LogP contribution in [0.3, 0.4) is 0 Å². The van der Waals surface area contributed by atoms with Crippen molar-refractivity contribution in [3.63, 3.8) is 0 Å². The number of rotatable bonds is 4. The molecule has 1 aromatic carbocycles. The molecular weight excluding hydrogens is 406 g/mol. The van der Waals surface area contributed by atoms with Gasteiger partial charge in [-0.2, -0.15) is 4.98 Å². The Bertz CT molecular complexity index is 1310. The fourth-order valence-corrected chi connectivity index (χ4v) is 4.78. The molecule has 0 amide bonds. The van der Waals surface area contributed by atoms with Gasteiger partial charge in [0.2, 0.25) is 5.89 Å². The Morgan fingerprint density at radius 2 is 2.00 bits per heavy atom. The molecule has 2 aliphatic rings. The molecule has 0 N–H and O–H groups in total. The van der Waals surface area contributed by atoms with Gasteiger partial charge < -0.3 is 14.0 Å². The molecule has 0 radical (unpaired) electrons. The van der Waals surface area contributed by atoms with Gasteiger partial charge in [-0.3, -0.25) is 9.36 Å². The van der Waals surface area contributed by atoms with E-state index in [2.05, 4.69) is 31.1 Å². The maximum atomic E-state index is 12.7. The van der Waals surface area contributed by atoms with Crippen molar-refractivity contribution in [3.8, 4) is 0 Å². The third-order valence-electron chi connectivity index (χ3n) is 6.16. The van der Waals surface area contributed by atoms with E-state index in [-0.39, 0.29) is 12.1 Å². The summed E-state index contributed by atoms with van der Waals surface area (Å²) in [5, 5.41) is 4.94. The summed E-state index contributed by atoms with van der Waals surface area (Å²) in [5.74, 6) is 2.49. The van der Waals surface area contributed by atoms with E-state index < -0.39 is 0 Å². The number of hydrogen-bond donors (Lipinski definition) is 0. The second-order valence-electron chi connectivity index (χ2n) is 7.99. The first-order chi connectivity index (χ1) is 14.6. The SMILES string of the molecule is Cn1cnc2ncn(Cc3nc([C@H]4[C@@H]5CN(c6cccc(Cl)c6)C[C@@H]54)no3)c(=O)c21. The number of fused-ring (bicyclic) bond motifs is 2. The number of aryl methyl sites for hydroxylation is 1. The number of benzene rings is 1. The predicted molar refractivity (Wildman–Crippen MR) is 110 cm³/mol. The Morgan fingerprint density at radius 3 is 2.80 bits per heavy atom. The van der Waals surface area contributed by atoms with Crippen molar-refractivity contribution in [3.05, 3.63) is 64.0 Å². The Kier molecular flexibility index (Phi) is 3.76. The Hall–Kier alpha value is -3.20. The Balaban J connectivity index is 1.17. The first kappa shape index (κ1) is 17.6. The van der Waals surface area contributed by atoms with Gasteiger partial charge >= 0.3 is 0 Å². The zero-order chi connectivity index (χ0) is 20.4. The van der Waals surface area contributed by atoms with Crippen LogP contribution in [0.2, 0.25) is 5.02 Å². The minimum absolute atomic E-state index is 0.180. The van der Waals surface area contributed by atoms with Crippen molar-refractivity contribution in [2.75, 3.05) is 18.0 Å². The standard InChI is InChI=1S/C20H18ClN7O2/c1-26-9-22-19-17(26)20(29)28(10-23-19)8-15-24-18(25-30-15)16-13-6-27(7-14(13)16)12-4-2-3-11(21)5-12/h2-5,9-10,13-14,16H,6-8H2,1H3/t13-,14+,16+. The fraction of sp³-hybridized carbons (Fsp3) is 0.350. The molecule has 3 aromatic heterocycles. The minimum Gasteiger partial charge on any atom is -0.371 e. The highest BCUT2D eigenvalue weighted by atomic mass is 35.5. The molecule has 4 heterocycles. The van der Waals surface area contributed by atoms with Crippen molar-refractivity contribution in [2.24, 2.45) is 18.9 Å². The molecule has 6 rings (SSSR count). The van der Waals surface area contributed by atoms with Crippen LogP contribution in [-0.2, 0) is 13.6 Å². The molecule has 1 aliphatic carbocycles. The van der Waals surface area contributed by atoms with Crippen LogP contribution in [0.25, 0.3) is 11.2 Å². The highest BCUT2D eigenvalue weighted by molar-refractivity contribution is 6.30. The lowest BCUT2D eigenvalue weighted by Crippen LogP contribution is -2.23. The van der Waals surface area contributed by atoms with E-state index in [9.17, 15) is 4.79 Å². The summed E-state index contributed by atoms with van der Waals surface area (Å²) < 4.78 is 8.57. The van der Waals surface area contributed by atoms with Crippen molar-refractivity contribution >= 4 is 28.5 Å². The van der Waals surface area contributed by atoms with E-state index in [0.29, 0.717) is 34.8 Å². The fourth-order valence-electron chi connectivity index (χ4n) is 4.59. The zero-order valence-corrected chi connectivity index (χ0v) is 16.9. The maximum Gasteiger partial charge on any atom is 0.280 e. The second kappa shape index (κ2) is 6.40. The van der Waals surface area contributed by atoms with Crippen LogP contribution in [0, 0.1) is 11.8 Å². The molecule has 0 bridgehead atoms. The molecule has 2 fully saturated rings. The summed E-state index contributed by atoms with van der Waals surface area (Å²) >= 11 is 6.12. The monoisotopic (exact) mass is 423 g/mol. The van der Waals surface area contributed by atoms with Gasteiger partial charge in [-0.05, 0) is 30.0 Å². The van der Waals surface area contributed by atoms with E-state index in [1.54, 1.807) is 17.9 Å². The minimum atomic E-state index is -0.180. The third-order valence-corrected chi connectivity index (χ3v) is 6.39. The predicted octanol–water partition coefficient (Wildman–Crippen LogP) is 2.06. The maximum absolute atomic E-state index is 12.7. The highest BCUT2D eigenvalue weighted by Gasteiger charge is 2.58. The molecule has 1 saturated heterocycles. The van der Waals surface area contributed by atoms with Crippen LogP contribution in [-0.4, -0.2) is 42.3 Å². The number of imidazole rings is 1. The molecule has 4 aromatic rings. The summed E-state index contributed by atoms with van der Waals surface area (Å²) in [6.45, 7) is 2.11. The van der Waals surface area contributed by atoms with Crippen molar-refractivity contribution in [1.82, 2.24) is 29.2 Å². The zero-order valence-electron chi connectivity index (χ0n) is 16.1. The normalized spacial score (nSPS) is 22.6. The van der Waals surface area contributed by atoms with Crippen molar-refractivity contribution in [1.29, 1.82) is 0 Å². The van der Waals surface area contributed by atoms with Gasteiger partial charge in [0.05, 0.1) is 6.33 Å². The summed E-state index contributed by atoms with van der Waals surface area (Å²) in [7, 11) is 1.77. The number of piperidine rings is 1. The van der Waals surface area contributed by atoms with E-state index in [0.717, 1.165) is 29.6 Å². The van der Waals surface area contributed by atoms with Crippen molar-refractivity contribution in [2.45, 2.75) is 12.5 Å². The van der Waals surface area contributed by atoms with Gasteiger partial charge in [-0.15, -0.1) is 0 Å².